The summed E-state index contributed by atoms with van der Waals surface area (Å²) in [4.78, 5) is 111. The van der Waals surface area contributed by atoms with Crippen molar-refractivity contribution in [1.82, 2.24) is 40.3 Å². The lowest BCUT2D eigenvalue weighted by atomic mass is 9.87. The van der Waals surface area contributed by atoms with Gasteiger partial charge >= 0.3 is 0 Å². The van der Waals surface area contributed by atoms with Crippen LogP contribution in [0.25, 0.3) is 10.9 Å². The first-order valence-electron chi connectivity index (χ1n) is 28.0. The summed E-state index contributed by atoms with van der Waals surface area (Å²) < 4.78 is 29.1. The van der Waals surface area contributed by atoms with Crippen molar-refractivity contribution in [2.24, 2.45) is 23.7 Å². The van der Waals surface area contributed by atoms with Crippen LogP contribution in [0, 0.1) is 23.7 Å². The molecule has 436 valence electrons. The van der Waals surface area contributed by atoms with Crippen LogP contribution in [0.1, 0.15) is 92.6 Å². The van der Waals surface area contributed by atoms with E-state index in [0.717, 1.165) is 40.6 Å². The van der Waals surface area contributed by atoms with Crippen molar-refractivity contribution in [2.75, 3.05) is 101 Å². The van der Waals surface area contributed by atoms with Crippen LogP contribution in [0.3, 0.4) is 0 Å². The Balaban J connectivity index is 1.17. The number of hydrogen-bond donors (Lipinski definition) is 3. The van der Waals surface area contributed by atoms with Crippen molar-refractivity contribution >= 4 is 52.3 Å². The lowest BCUT2D eigenvalue weighted by Crippen LogP contribution is -2.60. The standard InChI is InChI=1S/C57H90N8O13/c1-12-39(6)52(62(9)51(38(4)5)56(71)60-55(70)50(37(2)3)61(8)25-28-75-30-32-77-33-31-76-29-26-64-47(66)21-22-48(64)67)46(73-10)35-49(68)63-23-17-20-45(63)53(74-11)40(7)54(69)59-44(57(72)65-24-15-16-27-78-65)34-41-36-58-43-19-14-13-18-42(41)43/h13-14,18-19,21-22,36-40,44-46,50-53,58H,12,15-17,20,23-35H2,1-11H3,(H,59,69)(H,60,70,71)/t39-,40+,44-,45-,46+,50-,51-,52-,53+/m0/s1. The number of nitrogens with one attached hydrogen (secondary N) is 3. The number of carbonyl (C=O) groups is 7. The molecule has 0 bridgehead atoms. The van der Waals surface area contributed by atoms with Crippen LogP contribution in [0.5, 0.6) is 0 Å². The molecule has 5 rings (SSSR count). The molecule has 2 fully saturated rings. The molecule has 3 N–H and O–H groups in total. The average molecular weight is 1100 g/mol. The molecule has 0 radical (unpaired) electrons. The molecule has 0 aliphatic carbocycles. The van der Waals surface area contributed by atoms with Crippen molar-refractivity contribution in [2.45, 2.75) is 136 Å². The fourth-order valence-electron chi connectivity index (χ4n) is 11.3. The summed E-state index contributed by atoms with van der Waals surface area (Å²) in [7, 11) is 6.80. The molecule has 2 aromatic rings. The van der Waals surface area contributed by atoms with E-state index in [0.29, 0.717) is 72.1 Å². The zero-order valence-electron chi connectivity index (χ0n) is 48.2. The van der Waals surface area contributed by atoms with Crippen molar-refractivity contribution in [3.63, 3.8) is 0 Å². The normalized spacial score (nSPS) is 19.2. The van der Waals surface area contributed by atoms with Gasteiger partial charge in [0.25, 0.3) is 17.7 Å². The Morgan fingerprint density at radius 2 is 1.44 bits per heavy atom. The fourth-order valence-corrected chi connectivity index (χ4v) is 11.3. The minimum atomic E-state index is -0.913. The molecule has 2 saturated heterocycles. The number of likely N-dealkylation sites (N-methyl/N-ethyl adjacent to an activating group) is 2. The molecule has 9 atom stereocenters. The molecular formula is C57H90N8O13. The summed E-state index contributed by atoms with van der Waals surface area (Å²) in [5.74, 6) is -3.56. The molecule has 78 heavy (non-hydrogen) atoms. The lowest BCUT2D eigenvalue weighted by molar-refractivity contribution is -0.199. The number of aromatic amines is 1. The van der Waals surface area contributed by atoms with E-state index in [1.807, 2.05) is 82.1 Å². The number of para-hydroxylation sites is 1. The molecule has 0 spiro atoms. The molecule has 7 amide bonds. The first-order chi connectivity index (χ1) is 37.3. The van der Waals surface area contributed by atoms with Gasteiger partial charge in [-0.2, -0.15) is 0 Å². The zero-order valence-corrected chi connectivity index (χ0v) is 48.2. The van der Waals surface area contributed by atoms with E-state index < -0.39 is 60.1 Å². The number of aromatic nitrogens is 1. The molecule has 1 aromatic carbocycles. The number of hydroxylamine groups is 2. The van der Waals surface area contributed by atoms with Gasteiger partial charge < -0.3 is 38.9 Å². The van der Waals surface area contributed by atoms with Crippen LogP contribution in [-0.4, -0.2) is 214 Å². The van der Waals surface area contributed by atoms with E-state index in [2.05, 4.69) is 29.5 Å². The quantitative estimate of drug-likeness (QED) is 0.0683. The largest absolute Gasteiger partial charge is 0.379 e. The summed E-state index contributed by atoms with van der Waals surface area (Å²) in [5, 5.41) is 8.14. The second kappa shape index (κ2) is 31.6. The predicted molar refractivity (Wildman–Crippen MR) is 293 cm³/mol. The molecule has 21 heteroatoms. The average Bonchev–Trinajstić information content (AvgIpc) is 4.18. The fraction of sp³-hybridized carbons (Fsp3) is 0.702. The van der Waals surface area contributed by atoms with E-state index >= 15 is 0 Å². The van der Waals surface area contributed by atoms with E-state index in [9.17, 15) is 33.6 Å². The number of benzene rings is 1. The number of fused-ring (bicyclic) bond motifs is 1. The number of ether oxygens (including phenoxy) is 5. The summed E-state index contributed by atoms with van der Waals surface area (Å²) in [5.41, 5.74) is 1.82. The Labute approximate surface area is 461 Å². The second-order valence-electron chi connectivity index (χ2n) is 21.6. The first-order valence-corrected chi connectivity index (χ1v) is 28.0. The summed E-state index contributed by atoms with van der Waals surface area (Å²) in [6.07, 6.45) is 6.94. The minimum absolute atomic E-state index is 0.0000910. The van der Waals surface area contributed by atoms with Gasteiger partial charge in [-0.1, -0.05) is 73.1 Å². The Hall–Kier alpha value is -5.13. The number of methoxy groups -OCH3 is 2. The topological polar surface area (TPSA) is 231 Å². The highest BCUT2D eigenvalue weighted by atomic mass is 16.7. The maximum Gasteiger partial charge on any atom is 0.269 e. The third-order valence-corrected chi connectivity index (χ3v) is 15.5. The van der Waals surface area contributed by atoms with Crippen LogP contribution in [-0.2, 0) is 68.5 Å². The first kappa shape index (κ1) is 63.7. The highest BCUT2D eigenvalue weighted by Gasteiger charge is 2.44. The van der Waals surface area contributed by atoms with Gasteiger partial charge in [-0.15, -0.1) is 0 Å². The molecule has 3 aliphatic rings. The number of nitrogens with zero attached hydrogens (tertiary/aromatic N) is 5. The maximum absolute atomic E-state index is 14.7. The highest BCUT2D eigenvalue weighted by molar-refractivity contribution is 6.12. The van der Waals surface area contributed by atoms with E-state index in [1.54, 1.807) is 26.0 Å². The number of carbonyl (C=O) groups excluding carboxylic acids is 7. The van der Waals surface area contributed by atoms with Crippen LogP contribution in [0.2, 0.25) is 0 Å². The van der Waals surface area contributed by atoms with E-state index in [-0.39, 0.29) is 73.3 Å². The SMILES string of the molecule is CC[C@H](C)[C@@H]([C@@H](CC(=O)N1CCC[C@H]1[C@H](OC)[C@@H](C)C(=O)N[C@@H](Cc1c[nH]c2ccccc12)C(=O)N1CCCCO1)OC)N(C)[C@H](C(=O)NC(=O)[C@H](C(C)C)N(C)CCOCCOCCOCCN1C(=O)C=CC1=O)C(C)C. The van der Waals surface area contributed by atoms with Crippen molar-refractivity contribution in [3.05, 3.63) is 48.2 Å². The highest BCUT2D eigenvalue weighted by Crippen LogP contribution is 2.31. The number of rotatable bonds is 33. The summed E-state index contributed by atoms with van der Waals surface area (Å²) >= 11 is 0. The van der Waals surface area contributed by atoms with Gasteiger partial charge in [0.15, 0.2) is 0 Å². The van der Waals surface area contributed by atoms with Crippen molar-refractivity contribution in [1.29, 1.82) is 0 Å². The number of likely N-dealkylation sites (tertiary alicyclic amines) is 1. The van der Waals surface area contributed by atoms with Gasteiger partial charge in [-0.25, -0.2) is 5.06 Å². The van der Waals surface area contributed by atoms with Crippen molar-refractivity contribution in [3.8, 4) is 0 Å². The van der Waals surface area contributed by atoms with Gasteiger partial charge in [0.1, 0.15) is 6.04 Å². The maximum atomic E-state index is 14.7. The predicted octanol–water partition coefficient (Wildman–Crippen LogP) is 3.74. The third kappa shape index (κ3) is 17.2. The van der Waals surface area contributed by atoms with Gasteiger partial charge in [-0.05, 0) is 69.2 Å². The Morgan fingerprint density at radius 3 is 2.05 bits per heavy atom. The van der Waals surface area contributed by atoms with Crippen LogP contribution < -0.4 is 10.6 Å². The van der Waals surface area contributed by atoms with Gasteiger partial charge in [0.2, 0.25) is 23.6 Å². The third-order valence-electron chi connectivity index (χ3n) is 15.5. The summed E-state index contributed by atoms with van der Waals surface area (Å²) in [6, 6.07) is 4.67. The second-order valence-corrected chi connectivity index (χ2v) is 21.6. The minimum Gasteiger partial charge on any atom is -0.379 e. The van der Waals surface area contributed by atoms with E-state index in [1.165, 1.54) is 17.2 Å². The summed E-state index contributed by atoms with van der Waals surface area (Å²) in [6.45, 7) is 17.3. The number of amides is 7. The molecule has 0 saturated carbocycles. The van der Waals surface area contributed by atoms with Crippen molar-refractivity contribution < 1.29 is 62.1 Å². The molecule has 1 aromatic heterocycles. The van der Waals surface area contributed by atoms with Gasteiger partial charge in [-0.3, -0.25) is 58.4 Å². The number of H-pyrrole nitrogens is 1. The van der Waals surface area contributed by atoms with Gasteiger partial charge in [0.05, 0.1) is 95.5 Å². The molecule has 4 heterocycles. The molecule has 3 aliphatic heterocycles. The Bertz CT molecular complexity index is 2290. The Morgan fingerprint density at radius 1 is 0.795 bits per heavy atom. The smallest absolute Gasteiger partial charge is 0.269 e. The van der Waals surface area contributed by atoms with Crippen LogP contribution in [0.15, 0.2) is 42.6 Å². The zero-order chi connectivity index (χ0) is 57.1. The molecule has 0 unspecified atom stereocenters. The van der Waals surface area contributed by atoms with E-state index in [4.69, 9.17) is 28.5 Å². The molecular weight excluding hydrogens is 1000 g/mol. The monoisotopic (exact) mass is 1090 g/mol. The van der Waals surface area contributed by atoms with Crippen LogP contribution in [0.4, 0.5) is 0 Å². The number of hydrogen-bond acceptors (Lipinski definition) is 15. The molecule has 21 nitrogen and oxygen atoms in total. The van der Waals surface area contributed by atoms with Gasteiger partial charge in [0, 0.05) is 75.6 Å². The number of imide groups is 2. The van der Waals surface area contributed by atoms with Crippen LogP contribution >= 0.6 is 0 Å². The Kier molecular flexibility index (Phi) is 25.8. The lowest BCUT2D eigenvalue weighted by Gasteiger charge is -2.43.